The summed E-state index contributed by atoms with van der Waals surface area (Å²) in [7, 11) is 1.24. The maximum Gasteiger partial charge on any atom is 0.420 e. The highest BCUT2D eigenvalue weighted by molar-refractivity contribution is 5.94. The van der Waals surface area contributed by atoms with Gasteiger partial charge in [-0.05, 0) is 53.9 Å². The van der Waals surface area contributed by atoms with Gasteiger partial charge >= 0.3 is 18.2 Å². The lowest BCUT2D eigenvalue weighted by Gasteiger charge is -2.33. The van der Waals surface area contributed by atoms with Gasteiger partial charge in [0.05, 0.1) is 7.11 Å². The number of nitrogens with zero attached hydrogens (tertiary/aromatic N) is 1. The average molecular weight is 416 g/mol. The summed E-state index contributed by atoms with van der Waals surface area (Å²) in [6.07, 6.45) is 3.80. The zero-order valence-corrected chi connectivity index (χ0v) is 19.8. The smallest absolute Gasteiger partial charge is 0.420 e. The molecule has 170 valence electrons. The Morgan fingerprint density at radius 3 is 1.72 bits per heavy atom. The molecule has 7 nitrogen and oxygen atoms in total. The maximum atomic E-state index is 12.8. The molecule has 0 aliphatic rings. The van der Waals surface area contributed by atoms with Crippen LogP contribution in [0.4, 0.5) is 9.59 Å². The predicted octanol–water partition coefficient (Wildman–Crippen LogP) is 5.70. The minimum absolute atomic E-state index is 0.114. The third-order valence-electron chi connectivity index (χ3n) is 4.14. The molecule has 0 saturated heterocycles. The molecule has 0 saturated carbocycles. The molecular weight excluding hydrogens is 374 g/mol. The first-order valence-corrected chi connectivity index (χ1v) is 10.5. The maximum absolute atomic E-state index is 12.8. The molecule has 29 heavy (non-hydrogen) atoms. The van der Waals surface area contributed by atoms with Crippen LogP contribution in [0.3, 0.4) is 0 Å². The van der Waals surface area contributed by atoms with E-state index in [0.29, 0.717) is 0 Å². The molecule has 0 bridgehead atoms. The van der Waals surface area contributed by atoms with Gasteiger partial charge in [0.25, 0.3) is 0 Å². The van der Waals surface area contributed by atoms with Crippen molar-refractivity contribution in [2.24, 2.45) is 5.92 Å². The fraction of sp³-hybridized carbons (Fsp3) is 0.864. The minimum atomic E-state index is -1.11. The van der Waals surface area contributed by atoms with Gasteiger partial charge in [0.1, 0.15) is 17.2 Å². The highest BCUT2D eigenvalue weighted by Crippen LogP contribution is 2.23. The Bertz CT molecular complexity index is 504. The second kappa shape index (κ2) is 12.0. The van der Waals surface area contributed by atoms with Crippen molar-refractivity contribution >= 4 is 18.2 Å². The summed E-state index contributed by atoms with van der Waals surface area (Å²) in [5, 5.41) is 0. The van der Waals surface area contributed by atoms with Crippen molar-refractivity contribution in [3.8, 4) is 0 Å². The number of rotatable bonds is 9. The SMILES string of the molecule is CCCCCCC(C)CC(C(=O)OC)N(C(=O)OC(C)(C)C)C(=O)OC(C)(C)C. The highest BCUT2D eigenvalue weighted by Gasteiger charge is 2.41. The molecule has 0 aliphatic carbocycles. The molecule has 0 aliphatic heterocycles. The van der Waals surface area contributed by atoms with Gasteiger partial charge in [-0.3, -0.25) is 0 Å². The summed E-state index contributed by atoms with van der Waals surface area (Å²) in [5.74, 6) is -0.551. The molecule has 2 atom stereocenters. The molecule has 0 aromatic carbocycles. The Morgan fingerprint density at radius 1 is 0.862 bits per heavy atom. The topological polar surface area (TPSA) is 82.1 Å². The third kappa shape index (κ3) is 11.7. The minimum Gasteiger partial charge on any atom is -0.467 e. The molecule has 2 amide bonds. The van der Waals surface area contributed by atoms with Crippen molar-refractivity contribution in [3.63, 3.8) is 0 Å². The quantitative estimate of drug-likeness (QED) is 0.273. The number of hydrogen-bond acceptors (Lipinski definition) is 6. The molecule has 2 unspecified atom stereocenters. The standard InChI is InChI=1S/C22H41NO6/c1-10-11-12-13-14-16(2)15-17(18(24)27-9)23(19(25)28-21(3,4)5)20(26)29-22(6,7)8/h16-17H,10-15H2,1-9H3. The van der Waals surface area contributed by atoms with Crippen molar-refractivity contribution in [2.75, 3.05) is 7.11 Å². The van der Waals surface area contributed by atoms with Crippen LogP contribution >= 0.6 is 0 Å². The van der Waals surface area contributed by atoms with Crippen LogP contribution in [0.5, 0.6) is 0 Å². The number of amides is 2. The number of esters is 1. The monoisotopic (exact) mass is 415 g/mol. The first kappa shape index (κ1) is 27.2. The summed E-state index contributed by atoms with van der Waals surface area (Å²) in [6.45, 7) is 14.3. The zero-order chi connectivity index (χ0) is 22.8. The van der Waals surface area contributed by atoms with Crippen molar-refractivity contribution in [1.29, 1.82) is 0 Å². The van der Waals surface area contributed by atoms with Crippen LogP contribution < -0.4 is 0 Å². The Labute approximate surface area is 176 Å². The van der Waals surface area contributed by atoms with Crippen molar-refractivity contribution in [1.82, 2.24) is 4.90 Å². The predicted molar refractivity (Wildman–Crippen MR) is 113 cm³/mol. The summed E-state index contributed by atoms with van der Waals surface area (Å²) in [6, 6.07) is -1.11. The van der Waals surface area contributed by atoms with Gasteiger partial charge in [0, 0.05) is 0 Å². The number of methoxy groups -OCH3 is 1. The van der Waals surface area contributed by atoms with Crippen LogP contribution in [-0.4, -0.2) is 47.4 Å². The van der Waals surface area contributed by atoms with E-state index in [1.165, 1.54) is 7.11 Å². The molecule has 0 spiro atoms. The van der Waals surface area contributed by atoms with E-state index >= 15 is 0 Å². The fourth-order valence-electron chi connectivity index (χ4n) is 2.81. The van der Waals surface area contributed by atoms with E-state index in [2.05, 4.69) is 6.92 Å². The van der Waals surface area contributed by atoms with Crippen LogP contribution in [0, 0.1) is 5.92 Å². The van der Waals surface area contributed by atoms with Crippen LogP contribution in [0.1, 0.15) is 93.9 Å². The van der Waals surface area contributed by atoms with Gasteiger partial charge in [-0.15, -0.1) is 0 Å². The van der Waals surface area contributed by atoms with Gasteiger partial charge < -0.3 is 14.2 Å². The Morgan fingerprint density at radius 2 is 1.34 bits per heavy atom. The normalized spacial score (nSPS) is 14.0. The molecule has 0 heterocycles. The number of unbranched alkanes of at least 4 members (excludes halogenated alkanes) is 3. The van der Waals surface area contributed by atoms with E-state index in [-0.39, 0.29) is 12.3 Å². The zero-order valence-electron chi connectivity index (χ0n) is 19.8. The first-order chi connectivity index (χ1) is 13.2. The average Bonchev–Trinajstić information content (AvgIpc) is 2.54. The van der Waals surface area contributed by atoms with Crippen molar-refractivity contribution in [3.05, 3.63) is 0 Å². The summed E-state index contributed by atoms with van der Waals surface area (Å²) in [4.78, 5) is 38.9. The van der Waals surface area contributed by atoms with Gasteiger partial charge in [-0.2, -0.15) is 4.90 Å². The van der Waals surface area contributed by atoms with E-state index in [1.54, 1.807) is 41.5 Å². The Hall–Kier alpha value is -1.79. The van der Waals surface area contributed by atoms with E-state index in [0.717, 1.165) is 37.0 Å². The van der Waals surface area contributed by atoms with Gasteiger partial charge in [0.2, 0.25) is 0 Å². The number of ether oxygens (including phenoxy) is 3. The number of hydrogen-bond donors (Lipinski definition) is 0. The molecule has 7 heteroatoms. The van der Waals surface area contributed by atoms with Crippen LogP contribution in [-0.2, 0) is 19.0 Å². The first-order valence-electron chi connectivity index (χ1n) is 10.5. The number of imide groups is 1. The Balaban J connectivity index is 5.63. The molecule has 0 fully saturated rings. The second-order valence-corrected chi connectivity index (χ2v) is 9.56. The van der Waals surface area contributed by atoms with E-state index in [4.69, 9.17) is 14.2 Å². The van der Waals surface area contributed by atoms with Crippen molar-refractivity contribution < 1.29 is 28.6 Å². The summed E-state index contributed by atoms with van der Waals surface area (Å²) in [5.41, 5.74) is -1.66. The van der Waals surface area contributed by atoms with E-state index in [9.17, 15) is 14.4 Å². The lowest BCUT2D eigenvalue weighted by atomic mass is 9.95. The van der Waals surface area contributed by atoms with E-state index in [1.807, 2.05) is 6.92 Å². The fourth-order valence-corrected chi connectivity index (χ4v) is 2.81. The van der Waals surface area contributed by atoms with Crippen LogP contribution in [0.25, 0.3) is 0 Å². The highest BCUT2D eigenvalue weighted by atomic mass is 16.6. The molecule has 0 rings (SSSR count). The lowest BCUT2D eigenvalue weighted by molar-refractivity contribution is -0.147. The van der Waals surface area contributed by atoms with Crippen LogP contribution in [0.2, 0.25) is 0 Å². The van der Waals surface area contributed by atoms with E-state index < -0.39 is 35.4 Å². The molecule has 0 aromatic rings. The van der Waals surface area contributed by atoms with Gasteiger partial charge in [-0.25, -0.2) is 14.4 Å². The summed E-state index contributed by atoms with van der Waals surface area (Å²) >= 11 is 0. The van der Waals surface area contributed by atoms with Gasteiger partial charge in [0.15, 0.2) is 0 Å². The second-order valence-electron chi connectivity index (χ2n) is 9.56. The summed E-state index contributed by atoms with van der Waals surface area (Å²) < 4.78 is 15.7. The molecule has 0 aromatic heterocycles. The number of carbonyl (C=O) groups excluding carboxylic acids is 3. The molecule has 0 radical (unpaired) electrons. The van der Waals surface area contributed by atoms with Crippen LogP contribution in [0.15, 0.2) is 0 Å². The lowest BCUT2D eigenvalue weighted by Crippen LogP contribution is -2.52. The third-order valence-corrected chi connectivity index (χ3v) is 4.14. The number of carbonyl (C=O) groups is 3. The molecular formula is C22H41NO6. The largest absolute Gasteiger partial charge is 0.467 e. The Kier molecular flexibility index (Phi) is 11.3. The molecule has 0 N–H and O–H groups in total. The van der Waals surface area contributed by atoms with Crippen molar-refractivity contribution in [2.45, 2.75) is 111 Å². The van der Waals surface area contributed by atoms with Gasteiger partial charge in [-0.1, -0.05) is 46.0 Å².